The van der Waals surface area contributed by atoms with Crippen molar-refractivity contribution in [2.75, 3.05) is 6.61 Å². The maximum Gasteiger partial charge on any atom is 0.251 e. The van der Waals surface area contributed by atoms with Gasteiger partial charge in [-0.2, -0.15) is 4.99 Å². The average Bonchev–Trinajstić information content (AvgIpc) is 3.07. The molecule has 4 rings (SSSR count). The molecule has 0 spiro atoms. The van der Waals surface area contributed by atoms with Gasteiger partial charge in [0.1, 0.15) is 5.75 Å². The maximum atomic E-state index is 12.4. The lowest BCUT2D eigenvalue weighted by molar-refractivity contribution is -0.118. The van der Waals surface area contributed by atoms with Gasteiger partial charge in [-0.25, -0.2) is 0 Å². The van der Waals surface area contributed by atoms with Crippen LogP contribution in [-0.4, -0.2) is 17.1 Å². The fraction of sp³-hybridized carbons (Fsp3) is 0.130. The molecule has 0 saturated heterocycles. The predicted molar refractivity (Wildman–Crippen MR) is 113 cm³/mol. The molecular weight excluding hydrogens is 368 g/mol. The number of terminal acetylenes is 1. The van der Waals surface area contributed by atoms with Crippen LogP contribution in [0.3, 0.4) is 0 Å². The first-order valence-corrected chi connectivity index (χ1v) is 9.78. The molecule has 138 valence electrons. The summed E-state index contributed by atoms with van der Waals surface area (Å²) in [6, 6.07) is 21.7. The Kier molecular flexibility index (Phi) is 5.22. The molecule has 3 aromatic carbocycles. The van der Waals surface area contributed by atoms with Gasteiger partial charge in [0.2, 0.25) is 0 Å². The first-order chi connectivity index (χ1) is 13.8. The number of fused-ring (bicyclic) bond motifs is 3. The summed E-state index contributed by atoms with van der Waals surface area (Å²) in [5, 5.41) is 2.29. The van der Waals surface area contributed by atoms with E-state index in [1.165, 1.54) is 11.3 Å². The lowest BCUT2D eigenvalue weighted by atomic mass is 10.1. The third kappa shape index (κ3) is 3.68. The molecule has 0 saturated carbocycles. The molecule has 0 bridgehead atoms. The van der Waals surface area contributed by atoms with E-state index < -0.39 is 0 Å². The standard InChI is InChI=1S/C23H18N2O2S/c1-2-15-25-20-13-12-17-8-6-7-11-19(17)22(20)28-23(25)24-21(26)14-16-27-18-9-4-3-5-10-18/h1,3-13H,14-16H2. The number of carbonyl (C=O) groups is 1. The van der Waals surface area contributed by atoms with Crippen LogP contribution in [0.25, 0.3) is 21.0 Å². The van der Waals surface area contributed by atoms with Gasteiger partial charge in [0, 0.05) is 5.39 Å². The minimum Gasteiger partial charge on any atom is -0.493 e. The van der Waals surface area contributed by atoms with Gasteiger partial charge in [0.05, 0.1) is 29.8 Å². The van der Waals surface area contributed by atoms with Crippen molar-refractivity contribution in [1.82, 2.24) is 4.57 Å². The van der Waals surface area contributed by atoms with Crippen molar-refractivity contribution in [3.8, 4) is 18.1 Å². The van der Waals surface area contributed by atoms with Crippen LogP contribution in [0.15, 0.2) is 71.7 Å². The lowest BCUT2D eigenvalue weighted by Crippen LogP contribution is -2.17. The Morgan fingerprint density at radius 2 is 1.86 bits per heavy atom. The van der Waals surface area contributed by atoms with Gasteiger partial charge in [0.25, 0.3) is 5.91 Å². The van der Waals surface area contributed by atoms with Crippen molar-refractivity contribution in [1.29, 1.82) is 0 Å². The molecule has 5 heteroatoms. The molecule has 0 atom stereocenters. The number of para-hydroxylation sites is 1. The summed E-state index contributed by atoms with van der Waals surface area (Å²) in [6.07, 6.45) is 5.76. The molecule has 0 unspecified atom stereocenters. The highest BCUT2D eigenvalue weighted by Crippen LogP contribution is 2.27. The monoisotopic (exact) mass is 386 g/mol. The van der Waals surface area contributed by atoms with E-state index in [1.807, 2.05) is 53.1 Å². The zero-order chi connectivity index (χ0) is 19.3. The second-order valence-corrected chi connectivity index (χ2v) is 7.20. The number of ether oxygens (including phenoxy) is 1. The Balaban J connectivity index is 1.64. The van der Waals surface area contributed by atoms with Crippen LogP contribution in [-0.2, 0) is 11.3 Å². The van der Waals surface area contributed by atoms with Crippen LogP contribution in [0.2, 0.25) is 0 Å². The van der Waals surface area contributed by atoms with Gasteiger partial charge < -0.3 is 9.30 Å². The zero-order valence-corrected chi connectivity index (χ0v) is 16.0. The number of nitrogens with zero attached hydrogens (tertiary/aromatic N) is 2. The summed E-state index contributed by atoms with van der Waals surface area (Å²) >= 11 is 1.49. The van der Waals surface area contributed by atoms with E-state index in [2.05, 4.69) is 29.1 Å². The van der Waals surface area contributed by atoms with E-state index >= 15 is 0 Å². The number of carbonyl (C=O) groups excluding carboxylic acids is 1. The second-order valence-electron chi connectivity index (χ2n) is 6.23. The molecule has 1 amide bonds. The third-order valence-corrected chi connectivity index (χ3v) is 5.50. The Bertz CT molecular complexity index is 1250. The average molecular weight is 386 g/mol. The van der Waals surface area contributed by atoms with E-state index in [0.29, 0.717) is 11.3 Å². The predicted octanol–water partition coefficient (Wildman–Crippen LogP) is 4.39. The molecule has 0 N–H and O–H groups in total. The molecule has 0 aliphatic carbocycles. The topological polar surface area (TPSA) is 43.6 Å². The Morgan fingerprint density at radius 3 is 2.68 bits per heavy atom. The molecule has 4 nitrogen and oxygen atoms in total. The van der Waals surface area contributed by atoms with Crippen molar-refractivity contribution in [2.24, 2.45) is 4.99 Å². The van der Waals surface area contributed by atoms with Crippen LogP contribution in [0.5, 0.6) is 5.75 Å². The molecule has 28 heavy (non-hydrogen) atoms. The summed E-state index contributed by atoms with van der Waals surface area (Å²) in [5.41, 5.74) is 0.994. The van der Waals surface area contributed by atoms with Crippen molar-refractivity contribution in [3.05, 3.63) is 71.5 Å². The number of thiazole rings is 1. The third-order valence-electron chi connectivity index (χ3n) is 4.37. The fourth-order valence-electron chi connectivity index (χ4n) is 3.06. The van der Waals surface area contributed by atoms with Crippen LogP contribution in [0.1, 0.15) is 6.42 Å². The van der Waals surface area contributed by atoms with Crippen molar-refractivity contribution in [3.63, 3.8) is 0 Å². The number of amides is 1. The van der Waals surface area contributed by atoms with Crippen molar-refractivity contribution >= 4 is 38.2 Å². The molecule has 0 aliphatic rings. The van der Waals surface area contributed by atoms with E-state index in [-0.39, 0.29) is 18.9 Å². The molecular formula is C23H18N2O2S. The van der Waals surface area contributed by atoms with Gasteiger partial charge in [-0.15, -0.1) is 6.42 Å². The first kappa shape index (κ1) is 18.0. The lowest BCUT2D eigenvalue weighted by Gasteiger charge is -2.03. The normalized spacial score (nSPS) is 11.6. The number of aromatic nitrogens is 1. The van der Waals surface area contributed by atoms with E-state index in [1.54, 1.807) is 0 Å². The highest BCUT2D eigenvalue weighted by Gasteiger charge is 2.10. The van der Waals surface area contributed by atoms with Crippen molar-refractivity contribution in [2.45, 2.75) is 13.0 Å². The van der Waals surface area contributed by atoms with Gasteiger partial charge in [-0.3, -0.25) is 4.79 Å². The quantitative estimate of drug-likeness (QED) is 0.478. The smallest absolute Gasteiger partial charge is 0.251 e. The van der Waals surface area contributed by atoms with Gasteiger partial charge in [-0.05, 0) is 23.6 Å². The number of hydrogen-bond acceptors (Lipinski definition) is 3. The Labute approximate surface area is 166 Å². The summed E-state index contributed by atoms with van der Waals surface area (Å²) in [6.45, 7) is 0.653. The summed E-state index contributed by atoms with van der Waals surface area (Å²) in [4.78, 5) is 17.3. The highest BCUT2D eigenvalue weighted by atomic mass is 32.1. The molecule has 1 heterocycles. The minimum absolute atomic E-state index is 0.208. The summed E-state index contributed by atoms with van der Waals surface area (Å²) in [5.74, 6) is 3.18. The van der Waals surface area contributed by atoms with Crippen LogP contribution in [0.4, 0.5) is 0 Å². The summed E-state index contributed by atoms with van der Waals surface area (Å²) < 4.78 is 8.59. The number of rotatable bonds is 5. The molecule has 4 aromatic rings. The first-order valence-electron chi connectivity index (χ1n) is 8.96. The van der Waals surface area contributed by atoms with E-state index in [9.17, 15) is 4.79 Å². The van der Waals surface area contributed by atoms with Gasteiger partial charge >= 0.3 is 0 Å². The minimum atomic E-state index is -0.224. The SMILES string of the molecule is C#CCn1c(=NC(=O)CCOc2ccccc2)sc2c3ccccc3ccc21. The van der Waals surface area contributed by atoms with Crippen LogP contribution in [0, 0.1) is 12.3 Å². The molecule has 0 radical (unpaired) electrons. The largest absolute Gasteiger partial charge is 0.493 e. The van der Waals surface area contributed by atoms with E-state index in [4.69, 9.17) is 11.2 Å². The Hall–Kier alpha value is -3.36. The molecule has 0 fully saturated rings. The van der Waals surface area contributed by atoms with Crippen molar-refractivity contribution < 1.29 is 9.53 Å². The summed E-state index contributed by atoms with van der Waals surface area (Å²) in [7, 11) is 0. The molecule has 1 aromatic heterocycles. The number of hydrogen-bond donors (Lipinski definition) is 0. The molecule has 0 aliphatic heterocycles. The maximum absolute atomic E-state index is 12.4. The second kappa shape index (κ2) is 8.12. The van der Waals surface area contributed by atoms with Crippen LogP contribution < -0.4 is 9.54 Å². The fourth-order valence-corrected chi connectivity index (χ4v) is 4.25. The number of benzene rings is 3. The zero-order valence-electron chi connectivity index (χ0n) is 15.2. The van der Waals surface area contributed by atoms with Crippen LogP contribution >= 0.6 is 11.3 Å². The Morgan fingerprint density at radius 1 is 1.07 bits per heavy atom. The van der Waals surface area contributed by atoms with Gasteiger partial charge in [0.15, 0.2) is 4.80 Å². The highest BCUT2D eigenvalue weighted by molar-refractivity contribution is 7.17. The van der Waals surface area contributed by atoms with Gasteiger partial charge in [-0.1, -0.05) is 65.8 Å². The van der Waals surface area contributed by atoms with E-state index in [0.717, 1.165) is 26.7 Å².